The first-order valence-electron chi connectivity index (χ1n) is 6.50. The van der Waals surface area contributed by atoms with E-state index < -0.39 is 12.0 Å². The minimum absolute atomic E-state index is 0.177. The van der Waals surface area contributed by atoms with Gasteiger partial charge in [0.15, 0.2) is 0 Å². The molecule has 0 aliphatic carbocycles. The maximum atomic E-state index is 12.3. The van der Waals surface area contributed by atoms with Crippen molar-refractivity contribution in [2.75, 3.05) is 0 Å². The highest BCUT2D eigenvalue weighted by Gasteiger charge is 2.21. The number of carbonyl (C=O) groups is 2. The van der Waals surface area contributed by atoms with E-state index in [0.717, 1.165) is 17.1 Å². The molecule has 7 heteroatoms. The van der Waals surface area contributed by atoms with Gasteiger partial charge in [0, 0.05) is 0 Å². The first kappa shape index (κ1) is 15.1. The molecular formula is C14H15N3O3S. The van der Waals surface area contributed by atoms with Gasteiger partial charge in [-0.05, 0) is 23.5 Å². The zero-order chi connectivity index (χ0) is 15.2. The van der Waals surface area contributed by atoms with Gasteiger partial charge < -0.3 is 10.4 Å². The standard InChI is InChI=1S/C14H15N3O3S/c1-2-10-13(21-17-16-10)14(20)15-11(8-12(18)19)9-6-4-3-5-7-9/h3-7,11H,2,8H2,1H3,(H,15,20)(H,18,19). The molecule has 0 bridgehead atoms. The van der Waals surface area contributed by atoms with Crippen molar-refractivity contribution >= 4 is 23.4 Å². The van der Waals surface area contributed by atoms with Crippen LogP contribution in [0.1, 0.15) is 40.3 Å². The summed E-state index contributed by atoms with van der Waals surface area (Å²) in [5.74, 6) is -1.31. The highest BCUT2D eigenvalue weighted by molar-refractivity contribution is 7.08. The van der Waals surface area contributed by atoms with Crippen LogP contribution in [0, 0.1) is 0 Å². The van der Waals surface area contributed by atoms with E-state index in [1.54, 1.807) is 12.1 Å². The van der Waals surface area contributed by atoms with Crippen LogP contribution in [0.25, 0.3) is 0 Å². The molecule has 110 valence electrons. The maximum absolute atomic E-state index is 12.3. The number of nitrogens with one attached hydrogen (secondary N) is 1. The fraction of sp³-hybridized carbons (Fsp3) is 0.286. The lowest BCUT2D eigenvalue weighted by Crippen LogP contribution is -2.30. The Labute approximate surface area is 126 Å². The molecule has 0 aliphatic heterocycles. The Morgan fingerprint density at radius 3 is 2.67 bits per heavy atom. The molecule has 1 aromatic heterocycles. The molecule has 0 fully saturated rings. The van der Waals surface area contributed by atoms with Crippen molar-refractivity contribution < 1.29 is 14.7 Å². The molecule has 0 spiro atoms. The lowest BCUT2D eigenvalue weighted by molar-refractivity contribution is -0.137. The smallest absolute Gasteiger partial charge is 0.305 e. The minimum atomic E-state index is -0.970. The summed E-state index contributed by atoms with van der Waals surface area (Å²) in [6, 6.07) is 8.46. The molecule has 1 aromatic carbocycles. The summed E-state index contributed by atoms with van der Waals surface area (Å²) in [5, 5.41) is 15.7. The van der Waals surface area contributed by atoms with Crippen molar-refractivity contribution in [1.82, 2.24) is 14.9 Å². The van der Waals surface area contributed by atoms with Crippen LogP contribution >= 0.6 is 11.5 Å². The van der Waals surface area contributed by atoms with E-state index in [1.807, 2.05) is 25.1 Å². The zero-order valence-corrected chi connectivity index (χ0v) is 12.3. The fourth-order valence-electron chi connectivity index (χ4n) is 1.95. The molecular weight excluding hydrogens is 290 g/mol. The van der Waals surface area contributed by atoms with Gasteiger partial charge in [-0.2, -0.15) is 0 Å². The average molecular weight is 305 g/mol. The third-order valence-corrected chi connectivity index (χ3v) is 3.75. The largest absolute Gasteiger partial charge is 0.481 e. The zero-order valence-electron chi connectivity index (χ0n) is 11.4. The normalized spacial score (nSPS) is 11.9. The van der Waals surface area contributed by atoms with E-state index in [-0.39, 0.29) is 12.3 Å². The highest BCUT2D eigenvalue weighted by atomic mass is 32.1. The number of hydrogen-bond donors (Lipinski definition) is 2. The Morgan fingerprint density at radius 2 is 2.05 bits per heavy atom. The van der Waals surface area contributed by atoms with Crippen molar-refractivity contribution in [3.8, 4) is 0 Å². The van der Waals surface area contributed by atoms with Gasteiger partial charge in [-0.25, -0.2) is 0 Å². The Morgan fingerprint density at radius 1 is 1.33 bits per heavy atom. The second-order valence-electron chi connectivity index (χ2n) is 4.44. The number of amides is 1. The number of aliphatic carboxylic acids is 1. The first-order chi connectivity index (χ1) is 10.1. The summed E-state index contributed by atoms with van der Waals surface area (Å²) < 4.78 is 3.77. The van der Waals surface area contributed by atoms with Gasteiger partial charge in [-0.1, -0.05) is 41.7 Å². The number of benzene rings is 1. The number of carboxylic acid groups (broad SMARTS) is 1. The summed E-state index contributed by atoms with van der Waals surface area (Å²) in [6.07, 6.45) is 0.428. The summed E-state index contributed by atoms with van der Waals surface area (Å²) in [7, 11) is 0. The lowest BCUT2D eigenvalue weighted by Gasteiger charge is -2.17. The van der Waals surface area contributed by atoms with Crippen LogP contribution in [0.5, 0.6) is 0 Å². The number of rotatable bonds is 6. The van der Waals surface area contributed by atoms with Crippen molar-refractivity contribution in [3.05, 3.63) is 46.5 Å². The van der Waals surface area contributed by atoms with Gasteiger partial charge in [-0.3, -0.25) is 9.59 Å². The first-order valence-corrected chi connectivity index (χ1v) is 7.28. The van der Waals surface area contributed by atoms with Gasteiger partial charge >= 0.3 is 5.97 Å². The van der Waals surface area contributed by atoms with Crippen molar-refractivity contribution in [1.29, 1.82) is 0 Å². The van der Waals surface area contributed by atoms with E-state index >= 15 is 0 Å². The molecule has 0 saturated heterocycles. The summed E-state index contributed by atoms with van der Waals surface area (Å²) >= 11 is 1.02. The number of carbonyl (C=O) groups excluding carboxylic acids is 1. The topological polar surface area (TPSA) is 92.2 Å². The minimum Gasteiger partial charge on any atom is -0.481 e. The van der Waals surface area contributed by atoms with Crippen molar-refractivity contribution in [2.24, 2.45) is 0 Å². The number of nitrogens with zero attached hydrogens (tertiary/aromatic N) is 2. The molecule has 0 radical (unpaired) electrons. The van der Waals surface area contributed by atoms with Crippen LogP contribution in [0.2, 0.25) is 0 Å². The third kappa shape index (κ3) is 3.85. The Kier molecular flexibility index (Phi) is 4.99. The molecule has 2 aromatic rings. The summed E-state index contributed by atoms with van der Waals surface area (Å²) in [4.78, 5) is 23.7. The maximum Gasteiger partial charge on any atom is 0.305 e. The van der Waals surface area contributed by atoms with Crippen molar-refractivity contribution in [3.63, 3.8) is 0 Å². The fourth-order valence-corrected chi connectivity index (χ4v) is 2.60. The molecule has 0 aliphatic rings. The number of hydrogen-bond acceptors (Lipinski definition) is 5. The van der Waals surface area contributed by atoms with E-state index in [2.05, 4.69) is 14.9 Å². The monoisotopic (exact) mass is 305 g/mol. The van der Waals surface area contributed by atoms with Crippen LogP contribution in [-0.4, -0.2) is 26.6 Å². The Bertz CT molecular complexity index is 627. The second-order valence-corrected chi connectivity index (χ2v) is 5.19. The Hall–Kier alpha value is -2.28. The quantitative estimate of drug-likeness (QED) is 0.852. The predicted octanol–water partition coefficient (Wildman–Crippen LogP) is 2.05. The SMILES string of the molecule is CCc1nnsc1C(=O)NC(CC(=O)O)c1ccccc1. The van der Waals surface area contributed by atoms with Crippen LogP contribution in [0.3, 0.4) is 0 Å². The van der Waals surface area contributed by atoms with Gasteiger partial charge in [0.2, 0.25) is 0 Å². The average Bonchev–Trinajstić information content (AvgIpc) is 2.95. The van der Waals surface area contributed by atoms with Crippen LogP contribution < -0.4 is 5.32 Å². The number of carboxylic acids is 1. The van der Waals surface area contributed by atoms with Crippen LogP contribution in [-0.2, 0) is 11.2 Å². The molecule has 6 nitrogen and oxygen atoms in total. The van der Waals surface area contributed by atoms with Crippen molar-refractivity contribution in [2.45, 2.75) is 25.8 Å². The molecule has 0 saturated carbocycles. The van der Waals surface area contributed by atoms with Gasteiger partial charge in [-0.15, -0.1) is 5.10 Å². The van der Waals surface area contributed by atoms with Gasteiger partial charge in [0.1, 0.15) is 4.88 Å². The van der Waals surface area contributed by atoms with E-state index in [1.165, 1.54) is 0 Å². The molecule has 1 heterocycles. The molecule has 1 amide bonds. The van der Waals surface area contributed by atoms with E-state index in [9.17, 15) is 9.59 Å². The van der Waals surface area contributed by atoms with Crippen LogP contribution in [0.4, 0.5) is 0 Å². The molecule has 2 rings (SSSR count). The molecule has 1 unspecified atom stereocenters. The predicted molar refractivity (Wildman–Crippen MR) is 78.2 cm³/mol. The van der Waals surface area contributed by atoms with E-state index in [4.69, 9.17) is 5.11 Å². The van der Waals surface area contributed by atoms with Crippen LogP contribution in [0.15, 0.2) is 30.3 Å². The summed E-state index contributed by atoms with van der Waals surface area (Å²) in [5.41, 5.74) is 1.38. The summed E-state index contributed by atoms with van der Waals surface area (Å²) in [6.45, 7) is 1.89. The highest BCUT2D eigenvalue weighted by Crippen LogP contribution is 2.19. The molecule has 1 atom stereocenters. The third-order valence-electron chi connectivity index (χ3n) is 2.98. The molecule has 21 heavy (non-hydrogen) atoms. The Balaban J connectivity index is 2.19. The number of aromatic nitrogens is 2. The van der Waals surface area contributed by atoms with Gasteiger partial charge in [0.25, 0.3) is 5.91 Å². The second kappa shape index (κ2) is 6.94. The van der Waals surface area contributed by atoms with Gasteiger partial charge in [0.05, 0.1) is 18.2 Å². The molecule has 2 N–H and O–H groups in total. The lowest BCUT2D eigenvalue weighted by atomic mass is 10.0. The number of aryl methyl sites for hydroxylation is 1. The van der Waals surface area contributed by atoms with E-state index in [0.29, 0.717) is 17.0 Å².